The molecule has 0 aromatic heterocycles. The Balaban J connectivity index is 2.22. The van der Waals surface area contributed by atoms with E-state index in [0.717, 1.165) is 0 Å². The molecule has 2 aromatic carbocycles. The van der Waals surface area contributed by atoms with Gasteiger partial charge in [-0.05, 0) is 29.8 Å². The second-order valence-corrected chi connectivity index (χ2v) is 3.93. The van der Waals surface area contributed by atoms with Gasteiger partial charge in [0.1, 0.15) is 11.6 Å². The van der Waals surface area contributed by atoms with Gasteiger partial charge in [-0.3, -0.25) is 4.79 Å². The number of hydrogen-bond acceptors (Lipinski definition) is 2. The van der Waals surface area contributed by atoms with E-state index in [9.17, 15) is 9.18 Å². The Morgan fingerprint density at radius 3 is 2.67 bits per heavy atom. The largest absolute Gasteiger partial charge is 0.496 e. The SMILES string of the molecule is COc1ccccc1C(=O)Cc1cccc(F)c1. The van der Waals surface area contributed by atoms with Gasteiger partial charge in [0.05, 0.1) is 12.7 Å². The Morgan fingerprint density at radius 2 is 1.94 bits per heavy atom. The zero-order valence-electron chi connectivity index (χ0n) is 10.0. The molecular formula is C15H13FO2. The molecule has 0 atom stereocenters. The summed E-state index contributed by atoms with van der Waals surface area (Å²) in [6.07, 6.45) is 0.165. The first-order chi connectivity index (χ1) is 8.70. The van der Waals surface area contributed by atoms with Gasteiger partial charge in [0.15, 0.2) is 5.78 Å². The van der Waals surface area contributed by atoms with Crippen molar-refractivity contribution in [1.82, 2.24) is 0 Å². The van der Waals surface area contributed by atoms with Crippen LogP contribution in [-0.2, 0) is 6.42 Å². The normalized spacial score (nSPS) is 10.1. The predicted molar refractivity (Wildman–Crippen MR) is 67.4 cm³/mol. The van der Waals surface area contributed by atoms with Crippen molar-refractivity contribution in [3.63, 3.8) is 0 Å². The first-order valence-electron chi connectivity index (χ1n) is 5.61. The van der Waals surface area contributed by atoms with Crippen LogP contribution in [0.5, 0.6) is 5.75 Å². The van der Waals surface area contributed by atoms with E-state index in [1.54, 1.807) is 36.4 Å². The standard InChI is InChI=1S/C15H13FO2/c1-18-15-8-3-2-7-13(15)14(17)10-11-5-4-6-12(16)9-11/h2-9H,10H2,1H3. The molecule has 0 aliphatic rings. The fourth-order valence-electron chi connectivity index (χ4n) is 1.80. The average molecular weight is 244 g/mol. The van der Waals surface area contributed by atoms with Crippen LogP contribution in [0.4, 0.5) is 4.39 Å². The molecule has 0 bridgehead atoms. The molecule has 0 unspecified atom stereocenters. The molecule has 0 N–H and O–H groups in total. The summed E-state index contributed by atoms with van der Waals surface area (Å²) in [5, 5.41) is 0. The molecule has 0 fully saturated rings. The number of rotatable bonds is 4. The Morgan fingerprint density at radius 1 is 1.17 bits per heavy atom. The smallest absolute Gasteiger partial charge is 0.170 e. The lowest BCUT2D eigenvalue weighted by atomic mass is 10.0. The quantitative estimate of drug-likeness (QED) is 0.772. The molecule has 2 aromatic rings. The average Bonchev–Trinajstić information content (AvgIpc) is 2.38. The second kappa shape index (κ2) is 5.45. The molecule has 0 aliphatic heterocycles. The van der Waals surface area contributed by atoms with Crippen LogP contribution >= 0.6 is 0 Å². The fourth-order valence-corrected chi connectivity index (χ4v) is 1.80. The molecule has 92 valence electrons. The highest BCUT2D eigenvalue weighted by Crippen LogP contribution is 2.19. The van der Waals surface area contributed by atoms with Crippen LogP contribution in [0.3, 0.4) is 0 Å². The maximum absolute atomic E-state index is 13.0. The number of hydrogen-bond donors (Lipinski definition) is 0. The number of carbonyl (C=O) groups excluding carboxylic acids is 1. The highest BCUT2D eigenvalue weighted by atomic mass is 19.1. The molecule has 3 heteroatoms. The van der Waals surface area contributed by atoms with Gasteiger partial charge in [0, 0.05) is 6.42 Å². The van der Waals surface area contributed by atoms with Crippen LogP contribution < -0.4 is 4.74 Å². The van der Waals surface area contributed by atoms with Gasteiger partial charge >= 0.3 is 0 Å². The summed E-state index contributed by atoms with van der Waals surface area (Å²) in [7, 11) is 1.52. The molecule has 0 radical (unpaired) electrons. The second-order valence-electron chi connectivity index (χ2n) is 3.93. The number of ketones is 1. The van der Waals surface area contributed by atoms with Gasteiger partial charge < -0.3 is 4.74 Å². The Labute approximate surface area is 105 Å². The van der Waals surface area contributed by atoms with Crippen molar-refractivity contribution in [3.05, 3.63) is 65.5 Å². The van der Waals surface area contributed by atoms with E-state index in [1.807, 2.05) is 0 Å². The van der Waals surface area contributed by atoms with Gasteiger partial charge in [-0.2, -0.15) is 0 Å². The van der Waals surface area contributed by atoms with Gasteiger partial charge in [0.25, 0.3) is 0 Å². The van der Waals surface area contributed by atoms with Gasteiger partial charge in [0.2, 0.25) is 0 Å². The number of halogens is 1. The number of ether oxygens (including phenoxy) is 1. The van der Waals surface area contributed by atoms with Crippen molar-refractivity contribution in [2.45, 2.75) is 6.42 Å². The van der Waals surface area contributed by atoms with Crippen LogP contribution in [0.2, 0.25) is 0 Å². The van der Waals surface area contributed by atoms with Gasteiger partial charge in [-0.1, -0.05) is 24.3 Å². The minimum atomic E-state index is -0.333. The summed E-state index contributed by atoms with van der Waals surface area (Å²) in [6.45, 7) is 0. The minimum absolute atomic E-state index is 0.0851. The van der Waals surface area contributed by atoms with Crippen LogP contribution in [-0.4, -0.2) is 12.9 Å². The summed E-state index contributed by atoms with van der Waals surface area (Å²) < 4.78 is 18.2. The maximum atomic E-state index is 13.0. The lowest BCUT2D eigenvalue weighted by Gasteiger charge is -2.07. The molecule has 0 heterocycles. The third-order valence-corrected chi connectivity index (χ3v) is 2.66. The van der Waals surface area contributed by atoms with Crippen molar-refractivity contribution >= 4 is 5.78 Å². The van der Waals surface area contributed by atoms with E-state index in [1.165, 1.54) is 19.2 Å². The maximum Gasteiger partial charge on any atom is 0.170 e. The third kappa shape index (κ3) is 2.74. The van der Waals surface area contributed by atoms with Crippen LogP contribution in [0.25, 0.3) is 0 Å². The molecular weight excluding hydrogens is 231 g/mol. The third-order valence-electron chi connectivity index (χ3n) is 2.66. The van der Waals surface area contributed by atoms with E-state index in [-0.39, 0.29) is 18.0 Å². The van der Waals surface area contributed by atoms with Crippen LogP contribution in [0.1, 0.15) is 15.9 Å². The van der Waals surface area contributed by atoms with E-state index >= 15 is 0 Å². The minimum Gasteiger partial charge on any atom is -0.496 e. The highest BCUT2D eigenvalue weighted by Gasteiger charge is 2.12. The fraction of sp³-hybridized carbons (Fsp3) is 0.133. The van der Waals surface area contributed by atoms with E-state index in [0.29, 0.717) is 16.9 Å². The Hall–Kier alpha value is -2.16. The molecule has 0 spiro atoms. The van der Waals surface area contributed by atoms with Crippen molar-refractivity contribution < 1.29 is 13.9 Å². The summed E-state index contributed by atoms with van der Waals surface area (Å²) in [4.78, 5) is 12.1. The number of Topliss-reactive ketones (excluding diaryl/α,β-unsaturated/α-hetero) is 1. The van der Waals surface area contributed by atoms with E-state index in [2.05, 4.69) is 0 Å². The lowest BCUT2D eigenvalue weighted by Crippen LogP contribution is -2.05. The van der Waals surface area contributed by atoms with E-state index in [4.69, 9.17) is 4.74 Å². The van der Waals surface area contributed by atoms with E-state index < -0.39 is 0 Å². The first kappa shape index (κ1) is 12.3. The Bertz CT molecular complexity index is 564. The number of para-hydroxylation sites is 1. The number of benzene rings is 2. The predicted octanol–water partition coefficient (Wildman–Crippen LogP) is 3.26. The van der Waals surface area contributed by atoms with Crippen molar-refractivity contribution in [2.75, 3.05) is 7.11 Å². The number of methoxy groups -OCH3 is 1. The van der Waals surface area contributed by atoms with Crippen LogP contribution in [0.15, 0.2) is 48.5 Å². The highest BCUT2D eigenvalue weighted by molar-refractivity contribution is 5.99. The summed E-state index contributed by atoms with van der Waals surface area (Å²) in [5.41, 5.74) is 1.18. The Kier molecular flexibility index (Phi) is 3.72. The summed E-state index contributed by atoms with van der Waals surface area (Å²) in [5.74, 6) is 0.122. The molecule has 18 heavy (non-hydrogen) atoms. The van der Waals surface area contributed by atoms with Crippen molar-refractivity contribution in [2.24, 2.45) is 0 Å². The zero-order chi connectivity index (χ0) is 13.0. The molecule has 0 amide bonds. The molecule has 2 nitrogen and oxygen atoms in total. The lowest BCUT2D eigenvalue weighted by molar-refractivity contribution is 0.0990. The number of carbonyl (C=O) groups is 1. The topological polar surface area (TPSA) is 26.3 Å². The molecule has 0 aliphatic carbocycles. The zero-order valence-corrected chi connectivity index (χ0v) is 10.0. The first-order valence-corrected chi connectivity index (χ1v) is 5.61. The van der Waals surface area contributed by atoms with Crippen molar-refractivity contribution in [3.8, 4) is 5.75 Å². The molecule has 0 saturated heterocycles. The van der Waals surface area contributed by atoms with Gasteiger partial charge in [-0.15, -0.1) is 0 Å². The monoisotopic (exact) mass is 244 g/mol. The van der Waals surface area contributed by atoms with Crippen LogP contribution in [0, 0.1) is 5.82 Å². The molecule has 0 saturated carbocycles. The molecule has 2 rings (SSSR count). The summed E-state index contributed by atoms with van der Waals surface area (Å²) >= 11 is 0. The summed E-state index contributed by atoms with van der Waals surface area (Å²) in [6, 6.07) is 13.1. The van der Waals surface area contributed by atoms with Crippen molar-refractivity contribution in [1.29, 1.82) is 0 Å². The van der Waals surface area contributed by atoms with Gasteiger partial charge in [-0.25, -0.2) is 4.39 Å².